The summed E-state index contributed by atoms with van der Waals surface area (Å²) in [6.45, 7) is 1.81. The third-order valence-electron chi connectivity index (χ3n) is 3.66. The van der Waals surface area contributed by atoms with Gasteiger partial charge in [-0.3, -0.25) is 9.78 Å². The zero-order valence-corrected chi connectivity index (χ0v) is 12.6. The number of para-hydroxylation sites is 1. The monoisotopic (exact) mass is 308 g/mol. The Morgan fingerprint density at radius 2 is 1.83 bits per heavy atom. The number of aromatic hydroxyl groups is 1. The van der Waals surface area contributed by atoms with E-state index in [0.29, 0.717) is 11.3 Å². The normalized spacial score (nSPS) is 10.7. The number of anilines is 2. The molecule has 0 unspecified atom stereocenters. The molecule has 0 aliphatic carbocycles. The molecule has 1 heterocycles. The molecule has 0 aliphatic rings. The van der Waals surface area contributed by atoms with Gasteiger partial charge in [0.25, 0.3) is 0 Å². The molecule has 5 nitrogen and oxygen atoms in total. The Bertz CT molecular complexity index is 873. The number of rotatable bonds is 4. The molecule has 116 valence electrons. The summed E-state index contributed by atoms with van der Waals surface area (Å²) in [5.41, 5.74) is 3.66. The highest BCUT2D eigenvalue weighted by molar-refractivity contribution is 5.96. The smallest absolute Gasteiger partial charge is 0.307 e. The first-order chi connectivity index (χ1) is 11.0. The second-order valence-corrected chi connectivity index (χ2v) is 5.31. The molecule has 0 radical (unpaired) electrons. The fourth-order valence-corrected chi connectivity index (χ4v) is 2.57. The van der Waals surface area contributed by atoms with Crippen LogP contribution in [0.2, 0.25) is 0 Å². The van der Waals surface area contributed by atoms with Gasteiger partial charge in [0.05, 0.1) is 17.6 Å². The third-order valence-corrected chi connectivity index (χ3v) is 3.66. The number of aryl methyl sites for hydroxylation is 1. The maximum absolute atomic E-state index is 11.2. The number of carboxylic acid groups (broad SMARTS) is 1. The van der Waals surface area contributed by atoms with Crippen LogP contribution in [0.25, 0.3) is 10.9 Å². The largest absolute Gasteiger partial charge is 0.508 e. The molecule has 0 amide bonds. The van der Waals surface area contributed by atoms with E-state index in [2.05, 4.69) is 10.3 Å². The number of benzene rings is 2. The summed E-state index contributed by atoms with van der Waals surface area (Å²) >= 11 is 0. The molecule has 0 aliphatic heterocycles. The topological polar surface area (TPSA) is 82.5 Å². The first kappa shape index (κ1) is 14.8. The minimum absolute atomic E-state index is 0.107. The molecule has 23 heavy (non-hydrogen) atoms. The van der Waals surface area contributed by atoms with Crippen LogP contribution >= 0.6 is 0 Å². The molecular weight excluding hydrogens is 292 g/mol. The molecule has 3 N–H and O–H groups in total. The summed E-state index contributed by atoms with van der Waals surface area (Å²) in [5.74, 6) is -0.726. The number of carbonyl (C=O) groups is 1. The molecule has 3 aromatic rings. The minimum atomic E-state index is -0.904. The van der Waals surface area contributed by atoms with Crippen LogP contribution in [0.3, 0.4) is 0 Å². The van der Waals surface area contributed by atoms with Crippen LogP contribution in [-0.2, 0) is 11.2 Å². The Labute approximate surface area is 133 Å². The lowest BCUT2D eigenvalue weighted by atomic mass is 10.0. The molecule has 0 spiro atoms. The van der Waals surface area contributed by atoms with E-state index < -0.39 is 5.97 Å². The maximum Gasteiger partial charge on any atom is 0.307 e. The maximum atomic E-state index is 11.2. The number of pyridine rings is 1. The number of hydrogen-bond acceptors (Lipinski definition) is 4. The predicted molar refractivity (Wildman–Crippen MR) is 89.2 cm³/mol. The highest BCUT2D eigenvalue weighted by atomic mass is 16.4. The van der Waals surface area contributed by atoms with Crippen molar-refractivity contribution in [2.45, 2.75) is 13.3 Å². The van der Waals surface area contributed by atoms with E-state index >= 15 is 0 Å². The highest BCUT2D eigenvalue weighted by Crippen LogP contribution is 2.32. The summed E-state index contributed by atoms with van der Waals surface area (Å²) in [5, 5.41) is 22.7. The van der Waals surface area contributed by atoms with Gasteiger partial charge >= 0.3 is 5.97 Å². The van der Waals surface area contributed by atoms with Crippen molar-refractivity contribution in [1.82, 2.24) is 4.98 Å². The summed E-state index contributed by atoms with van der Waals surface area (Å²) < 4.78 is 0. The lowest BCUT2D eigenvalue weighted by Gasteiger charge is -2.16. The fraction of sp³-hybridized carbons (Fsp3) is 0.111. The van der Waals surface area contributed by atoms with Crippen molar-refractivity contribution in [2.75, 3.05) is 5.32 Å². The van der Waals surface area contributed by atoms with Crippen molar-refractivity contribution < 1.29 is 15.0 Å². The third kappa shape index (κ3) is 3.08. The molecule has 0 fully saturated rings. The predicted octanol–water partition coefficient (Wildman–Crippen LogP) is 3.62. The average Bonchev–Trinajstić information content (AvgIpc) is 2.52. The van der Waals surface area contributed by atoms with Crippen molar-refractivity contribution in [3.8, 4) is 5.75 Å². The van der Waals surface area contributed by atoms with Gasteiger partial charge in [-0.05, 0) is 37.3 Å². The zero-order valence-electron chi connectivity index (χ0n) is 12.6. The molecule has 0 bridgehead atoms. The van der Waals surface area contributed by atoms with Gasteiger partial charge in [-0.1, -0.05) is 18.2 Å². The van der Waals surface area contributed by atoms with Crippen molar-refractivity contribution >= 4 is 28.2 Å². The quantitative estimate of drug-likeness (QED) is 0.641. The fourth-order valence-electron chi connectivity index (χ4n) is 2.57. The summed E-state index contributed by atoms with van der Waals surface area (Å²) in [7, 11) is 0. The van der Waals surface area contributed by atoms with Crippen molar-refractivity contribution in [2.24, 2.45) is 0 Å². The summed E-state index contributed by atoms with van der Waals surface area (Å²) in [6, 6.07) is 14.2. The Balaban J connectivity index is 2.17. The Morgan fingerprint density at radius 1 is 1.13 bits per heavy atom. The van der Waals surface area contributed by atoms with Gasteiger partial charge in [0, 0.05) is 22.3 Å². The van der Waals surface area contributed by atoms with E-state index in [1.165, 1.54) is 0 Å². The van der Waals surface area contributed by atoms with E-state index in [9.17, 15) is 15.0 Å². The lowest BCUT2D eigenvalue weighted by Crippen LogP contribution is -2.08. The Morgan fingerprint density at radius 3 is 2.52 bits per heavy atom. The van der Waals surface area contributed by atoms with E-state index in [0.717, 1.165) is 22.3 Å². The second-order valence-electron chi connectivity index (χ2n) is 5.31. The van der Waals surface area contributed by atoms with E-state index in [1.54, 1.807) is 24.3 Å². The molecule has 5 heteroatoms. The van der Waals surface area contributed by atoms with Gasteiger partial charge in [0.15, 0.2) is 0 Å². The minimum Gasteiger partial charge on any atom is -0.508 e. The van der Waals surface area contributed by atoms with E-state index in [1.807, 2.05) is 31.2 Å². The first-order valence-electron chi connectivity index (χ1n) is 7.20. The standard InChI is InChI=1S/C18H16N2O3/c1-11-15(10-17(22)23)18(14-4-2-3-5-16(14)19-11)20-12-6-8-13(21)9-7-12/h2-9,21H,10H2,1H3,(H,19,20)(H,22,23). The van der Waals surface area contributed by atoms with Crippen LogP contribution in [0.15, 0.2) is 48.5 Å². The second kappa shape index (κ2) is 5.96. The summed E-state index contributed by atoms with van der Waals surface area (Å²) in [4.78, 5) is 15.7. The molecule has 0 saturated heterocycles. The molecule has 0 saturated carbocycles. The molecule has 0 atom stereocenters. The number of carboxylic acids is 1. The number of nitrogens with one attached hydrogen (secondary N) is 1. The average molecular weight is 308 g/mol. The molecule has 2 aromatic carbocycles. The van der Waals surface area contributed by atoms with Crippen molar-refractivity contribution in [1.29, 1.82) is 0 Å². The van der Waals surface area contributed by atoms with Crippen LogP contribution in [0.5, 0.6) is 5.75 Å². The van der Waals surface area contributed by atoms with Crippen molar-refractivity contribution in [3.05, 3.63) is 59.8 Å². The van der Waals surface area contributed by atoms with E-state index in [-0.39, 0.29) is 12.2 Å². The number of aromatic nitrogens is 1. The number of fused-ring (bicyclic) bond motifs is 1. The van der Waals surface area contributed by atoms with Gasteiger partial charge in [0.1, 0.15) is 5.75 Å². The molecule has 3 rings (SSSR count). The van der Waals surface area contributed by atoms with Crippen LogP contribution in [0.4, 0.5) is 11.4 Å². The summed E-state index contributed by atoms with van der Waals surface area (Å²) in [6.07, 6.45) is -0.107. The number of phenols is 1. The number of aliphatic carboxylic acids is 1. The lowest BCUT2D eigenvalue weighted by molar-refractivity contribution is -0.136. The van der Waals surface area contributed by atoms with Gasteiger partial charge in [-0.25, -0.2) is 0 Å². The van der Waals surface area contributed by atoms with Gasteiger partial charge in [0.2, 0.25) is 0 Å². The molecular formula is C18H16N2O3. The van der Waals surface area contributed by atoms with Gasteiger partial charge < -0.3 is 15.5 Å². The van der Waals surface area contributed by atoms with Crippen LogP contribution in [0, 0.1) is 6.92 Å². The van der Waals surface area contributed by atoms with Crippen molar-refractivity contribution in [3.63, 3.8) is 0 Å². The van der Waals surface area contributed by atoms with Crippen LogP contribution in [0.1, 0.15) is 11.3 Å². The van der Waals surface area contributed by atoms with Gasteiger partial charge in [-0.15, -0.1) is 0 Å². The first-order valence-corrected chi connectivity index (χ1v) is 7.20. The zero-order chi connectivity index (χ0) is 16.4. The Kier molecular flexibility index (Phi) is 3.85. The molecule has 1 aromatic heterocycles. The number of hydrogen-bond donors (Lipinski definition) is 3. The van der Waals surface area contributed by atoms with Gasteiger partial charge in [-0.2, -0.15) is 0 Å². The SMILES string of the molecule is Cc1nc2ccccc2c(Nc2ccc(O)cc2)c1CC(=O)O. The number of nitrogens with zero attached hydrogens (tertiary/aromatic N) is 1. The highest BCUT2D eigenvalue weighted by Gasteiger charge is 2.15. The van der Waals surface area contributed by atoms with Crippen LogP contribution < -0.4 is 5.32 Å². The Hall–Kier alpha value is -3.08. The van der Waals surface area contributed by atoms with E-state index in [4.69, 9.17) is 0 Å². The number of phenolic OH excluding ortho intramolecular Hbond substituents is 1. The van der Waals surface area contributed by atoms with Crippen LogP contribution in [-0.4, -0.2) is 21.2 Å².